The first-order chi connectivity index (χ1) is 14.7. The van der Waals surface area contributed by atoms with E-state index >= 15 is 0 Å². The minimum atomic E-state index is 0.582. The number of likely N-dealkylation sites (tertiary alicyclic amines) is 1. The van der Waals surface area contributed by atoms with E-state index in [4.69, 9.17) is 0 Å². The molecule has 0 unspecified atom stereocenters. The third-order valence-electron chi connectivity index (χ3n) is 6.78. The van der Waals surface area contributed by atoms with Gasteiger partial charge in [-0.05, 0) is 74.0 Å². The molecule has 4 heteroatoms. The fourth-order valence-corrected chi connectivity index (χ4v) is 5.00. The summed E-state index contributed by atoms with van der Waals surface area (Å²) in [5.74, 6) is 0.582. The second-order valence-electron chi connectivity index (χ2n) is 8.47. The zero-order valence-electron chi connectivity index (χ0n) is 18.2. The summed E-state index contributed by atoms with van der Waals surface area (Å²) >= 11 is 0. The molecule has 2 aromatic carbocycles. The number of hydrogen-bond acceptors (Lipinski definition) is 2. The zero-order chi connectivity index (χ0) is 20.9. The van der Waals surface area contributed by atoms with Crippen LogP contribution in [0.4, 0.5) is 5.69 Å². The number of piperidine rings is 1. The first-order valence-corrected chi connectivity index (χ1v) is 11.3. The van der Waals surface area contributed by atoms with Gasteiger partial charge in [-0.25, -0.2) is 0 Å². The van der Waals surface area contributed by atoms with E-state index in [2.05, 4.69) is 54.2 Å². The molecule has 1 fully saturated rings. The number of anilines is 1. The average Bonchev–Trinajstić information content (AvgIpc) is 3.23. The van der Waals surface area contributed by atoms with Crippen LogP contribution in [0, 0.1) is 0 Å². The summed E-state index contributed by atoms with van der Waals surface area (Å²) in [4.78, 5) is 19.8. The van der Waals surface area contributed by atoms with Crippen LogP contribution in [0.1, 0.15) is 56.6 Å². The molecule has 30 heavy (non-hydrogen) atoms. The molecule has 0 atom stereocenters. The van der Waals surface area contributed by atoms with Crippen molar-refractivity contribution in [3.63, 3.8) is 0 Å². The third kappa shape index (κ3) is 4.29. The monoisotopic (exact) mass is 403 g/mol. The van der Waals surface area contributed by atoms with Crippen molar-refractivity contribution in [1.82, 2.24) is 9.88 Å². The summed E-state index contributed by atoms with van der Waals surface area (Å²) in [6, 6.07) is 17.2. The number of aromatic nitrogens is 1. The predicted octanol–water partition coefficient (Wildman–Crippen LogP) is 5.70. The molecule has 2 heterocycles. The van der Waals surface area contributed by atoms with Crippen LogP contribution in [0.25, 0.3) is 10.9 Å². The summed E-state index contributed by atoms with van der Waals surface area (Å²) in [5, 5.41) is 1.26. The molecule has 1 aromatic heterocycles. The Balaban J connectivity index is 1.54. The minimum Gasteiger partial charge on any atom is -0.361 e. The molecule has 1 aliphatic rings. The van der Waals surface area contributed by atoms with Crippen molar-refractivity contribution in [2.75, 3.05) is 18.0 Å². The van der Waals surface area contributed by atoms with Crippen molar-refractivity contribution in [3.05, 3.63) is 65.9 Å². The van der Waals surface area contributed by atoms with Gasteiger partial charge in [0.1, 0.15) is 0 Å². The lowest BCUT2D eigenvalue weighted by atomic mass is 9.88. The van der Waals surface area contributed by atoms with Crippen LogP contribution in [0.15, 0.2) is 54.7 Å². The van der Waals surface area contributed by atoms with E-state index in [0.717, 1.165) is 29.2 Å². The molecule has 1 aliphatic heterocycles. The molecule has 4 rings (SSSR count). The topological polar surface area (TPSA) is 39.3 Å². The number of carbonyl (C=O) groups is 1. The van der Waals surface area contributed by atoms with Gasteiger partial charge in [-0.1, -0.05) is 44.2 Å². The number of carbonyl (C=O) groups excluding carboxylic acids is 1. The smallest absolute Gasteiger partial charge is 0.214 e. The van der Waals surface area contributed by atoms with Crippen LogP contribution in [0.5, 0.6) is 0 Å². The van der Waals surface area contributed by atoms with Crippen LogP contribution < -0.4 is 4.90 Å². The van der Waals surface area contributed by atoms with E-state index in [1.807, 2.05) is 24.3 Å². The Kier molecular flexibility index (Phi) is 6.53. The fourth-order valence-electron chi connectivity index (χ4n) is 5.00. The first-order valence-electron chi connectivity index (χ1n) is 11.3. The Hall–Kier alpha value is -2.59. The van der Waals surface area contributed by atoms with Crippen molar-refractivity contribution >= 4 is 23.0 Å². The molecule has 0 spiro atoms. The molecule has 0 bridgehead atoms. The summed E-state index contributed by atoms with van der Waals surface area (Å²) in [7, 11) is 0. The Bertz CT molecular complexity index is 953. The number of rotatable bonds is 8. The lowest BCUT2D eigenvalue weighted by Gasteiger charge is -2.37. The molecule has 1 saturated heterocycles. The summed E-state index contributed by atoms with van der Waals surface area (Å²) < 4.78 is 0. The highest BCUT2D eigenvalue weighted by Gasteiger charge is 2.26. The number of amides is 1. The van der Waals surface area contributed by atoms with E-state index in [1.54, 1.807) is 4.90 Å². The van der Waals surface area contributed by atoms with Gasteiger partial charge in [-0.3, -0.25) is 4.79 Å². The van der Waals surface area contributed by atoms with Crippen molar-refractivity contribution in [1.29, 1.82) is 0 Å². The van der Waals surface area contributed by atoms with Crippen LogP contribution in [-0.4, -0.2) is 35.4 Å². The van der Waals surface area contributed by atoms with Crippen molar-refractivity contribution in [2.45, 2.75) is 58.0 Å². The van der Waals surface area contributed by atoms with Crippen molar-refractivity contribution in [2.24, 2.45) is 0 Å². The normalized spacial score (nSPS) is 15.7. The summed E-state index contributed by atoms with van der Waals surface area (Å²) in [5.41, 5.74) is 4.65. The molecule has 0 aliphatic carbocycles. The van der Waals surface area contributed by atoms with Crippen molar-refractivity contribution in [3.8, 4) is 0 Å². The van der Waals surface area contributed by atoms with E-state index in [9.17, 15) is 4.79 Å². The summed E-state index contributed by atoms with van der Waals surface area (Å²) in [6.07, 6.45) is 8.01. The Labute approximate surface area is 179 Å². The maximum Gasteiger partial charge on any atom is 0.214 e. The van der Waals surface area contributed by atoms with Gasteiger partial charge in [-0.2, -0.15) is 0 Å². The molecule has 0 radical (unpaired) electrons. The lowest BCUT2D eigenvalue weighted by molar-refractivity contribution is -0.107. The molecule has 158 valence electrons. The van der Waals surface area contributed by atoms with E-state index in [0.29, 0.717) is 12.5 Å². The lowest BCUT2D eigenvalue weighted by Crippen LogP contribution is -2.40. The maximum absolute atomic E-state index is 11.8. The van der Waals surface area contributed by atoms with Crippen molar-refractivity contribution < 1.29 is 4.79 Å². The van der Waals surface area contributed by atoms with Crippen LogP contribution in [0.3, 0.4) is 0 Å². The largest absolute Gasteiger partial charge is 0.361 e. The highest BCUT2D eigenvalue weighted by Crippen LogP contribution is 2.35. The molecule has 1 amide bonds. The Morgan fingerprint density at radius 3 is 2.50 bits per heavy atom. The van der Waals surface area contributed by atoms with Gasteiger partial charge in [0.05, 0.1) is 6.54 Å². The third-order valence-corrected chi connectivity index (χ3v) is 6.78. The summed E-state index contributed by atoms with van der Waals surface area (Å²) in [6.45, 7) is 7.55. The van der Waals surface area contributed by atoms with E-state index < -0.39 is 0 Å². The Morgan fingerprint density at radius 2 is 1.83 bits per heavy atom. The maximum atomic E-state index is 11.8. The predicted molar refractivity (Wildman–Crippen MR) is 125 cm³/mol. The number of hydrogen-bond donors (Lipinski definition) is 1. The molecule has 0 saturated carbocycles. The fraction of sp³-hybridized carbons (Fsp3) is 0.423. The Morgan fingerprint density at radius 1 is 1.10 bits per heavy atom. The molecular weight excluding hydrogens is 370 g/mol. The van der Waals surface area contributed by atoms with Gasteiger partial charge in [0.25, 0.3) is 0 Å². The molecule has 3 aromatic rings. The number of nitrogens with zero attached hydrogens (tertiary/aromatic N) is 2. The number of nitrogens with one attached hydrogen (secondary N) is 1. The number of aromatic amines is 1. The molecular formula is C26H33N3O. The van der Waals surface area contributed by atoms with Gasteiger partial charge in [0.2, 0.25) is 6.41 Å². The van der Waals surface area contributed by atoms with Gasteiger partial charge >= 0.3 is 0 Å². The number of benzene rings is 2. The quantitative estimate of drug-likeness (QED) is 0.490. The zero-order valence-corrected chi connectivity index (χ0v) is 18.2. The molecule has 4 nitrogen and oxygen atoms in total. The molecule has 1 N–H and O–H groups in total. The van der Waals surface area contributed by atoms with E-state index in [1.165, 1.54) is 49.7 Å². The average molecular weight is 404 g/mol. The van der Waals surface area contributed by atoms with Crippen LogP contribution in [0.2, 0.25) is 0 Å². The second kappa shape index (κ2) is 9.48. The van der Waals surface area contributed by atoms with Gasteiger partial charge < -0.3 is 14.8 Å². The van der Waals surface area contributed by atoms with Crippen LogP contribution in [-0.2, 0) is 11.3 Å². The second-order valence-corrected chi connectivity index (χ2v) is 8.47. The number of fused-ring (bicyclic) bond motifs is 1. The van der Waals surface area contributed by atoms with Gasteiger partial charge in [-0.15, -0.1) is 0 Å². The highest BCUT2D eigenvalue weighted by atomic mass is 16.1. The number of H-pyrrole nitrogens is 1. The van der Waals surface area contributed by atoms with Gasteiger partial charge in [0, 0.05) is 28.8 Å². The highest BCUT2D eigenvalue weighted by molar-refractivity contribution is 5.89. The SMILES string of the molecule is CCC(CC)N1CCC(c2c[nH]c3ccc(N(C=O)Cc4ccccc4)cc23)CC1. The van der Waals surface area contributed by atoms with E-state index in [-0.39, 0.29) is 0 Å². The van der Waals surface area contributed by atoms with Gasteiger partial charge in [0.15, 0.2) is 0 Å². The first kappa shape index (κ1) is 20.7. The minimum absolute atomic E-state index is 0.582. The standard InChI is InChI=1S/C26H33N3O/c1-3-22(4-2)28-14-12-21(13-15-28)25-17-27-26-11-10-23(16-24(25)26)29(19-30)18-20-8-6-5-7-9-20/h5-11,16-17,19,21-22,27H,3-4,12-15,18H2,1-2H3. The van der Waals surface area contributed by atoms with Crippen LogP contribution >= 0.6 is 0 Å².